The first-order chi connectivity index (χ1) is 9.74. The lowest BCUT2D eigenvalue weighted by atomic mass is 9.80. The van der Waals surface area contributed by atoms with E-state index in [1.54, 1.807) is 0 Å². The van der Waals surface area contributed by atoms with Crippen molar-refractivity contribution < 1.29 is 0 Å². The fraction of sp³-hybridized carbons (Fsp3) is 0.706. The summed E-state index contributed by atoms with van der Waals surface area (Å²) in [6.07, 6.45) is 9.17. The van der Waals surface area contributed by atoms with Crippen molar-refractivity contribution in [2.45, 2.75) is 58.2 Å². The quantitative estimate of drug-likeness (QED) is 0.865. The van der Waals surface area contributed by atoms with Gasteiger partial charge >= 0.3 is 0 Å². The molecule has 1 aromatic heterocycles. The first kappa shape index (κ1) is 15.5. The second-order valence-corrected chi connectivity index (χ2v) is 6.10. The summed E-state index contributed by atoms with van der Waals surface area (Å²) < 4.78 is 0. The average Bonchev–Trinajstić information content (AvgIpc) is 2.49. The van der Waals surface area contributed by atoms with Gasteiger partial charge in [-0.3, -0.25) is 9.88 Å². The van der Waals surface area contributed by atoms with Crippen molar-refractivity contribution in [3.8, 4) is 0 Å². The highest BCUT2D eigenvalue weighted by Crippen LogP contribution is 2.30. The summed E-state index contributed by atoms with van der Waals surface area (Å²) in [7, 11) is 2.26. The number of hydrogen-bond acceptors (Lipinski definition) is 3. The predicted octanol–water partition coefficient (Wildman–Crippen LogP) is 3.07. The summed E-state index contributed by atoms with van der Waals surface area (Å²) in [5.41, 5.74) is 1.31. The molecule has 20 heavy (non-hydrogen) atoms. The van der Waals surface area contributed by atoms with Crippen molar-refractivity contribution in [1.29, 1.82) is 0 Å². The molecular weight excluding hydrogens is 246 g/mol. The molecule has 3 unspecified atom stereocenters. The van der Waals surface area contributed by atoms with Crippen LogP contribution in [0.1, 0.15) is 45.1 Å². The summed E-state index contributed by atoms with van der Waals surface area (Å²) in [5.74, 6) is 0.895. The van der Waals surface area contributed by atoms with Gasteiger partial charge in [0.15, 0.2) is 0 Å². The van der Waals surface area contributed by atoms with Gasteiger partial charge in [-0.2, -0.15) is 0 Å². The van der Waals surface area contributed by atoms with Gasteiger partial charge in [0, 0.05) is 31.0 Å². The second-order valence-electron chi connectivity index (χ2n) is 6.10. The topological polar surface area (TPSA) is 28.2 Å². The maximum absolute atomic E-state index is 4.23. The Labute approximate surface area is 123 Å². The lowest BCUT2D eigenvalue weighted by Gasteiger charge is -2.41. The van der Waals surface area contributed by atoms with Gasteiger partial charge < -0.3 is 5.32 Å². The Bertz CT molecular complexity index is 379. The van der Waals surface area contributed by atoms with Crippen molar-refractivity contribution in [2.24, 2.45) is 5.92 Å². The minimum Gasteiger partial charge on any atom is -0.313 e. The molecule has 1 N–H and O–H groups in total. The van der Waals surface area contributed by atoms with E-state index in [1.165, 1.54) is 31.2 Å². The van der Waals surface area contributed by atoms with Gasteiger partial charge in [0.1, 0.15) is 0 Å². The number of rotatable bonds is 6. The molecule has 3 atom stereocenters. The van der Waals surface area contributed by atoms with Crippen LogP contribution in [0.15, 0.2) is 24.5 Å². The third-order valence-corrected chi connectivity index (χ3v) is 4.69. The highest BCUT2D eigenvalue weighted by Gasteiger charge is 2.31. The van der Waals surface area contributed by atoms with E-state index in [9.17, 15) is 0 Å². The van der Waals surface area contributed by atoms with Crippen LogP contribution in [0.4, 0.5) is 0 Å². The van der Waals surface area contributed by atoms with E-state index in [0.29, 0.717) is 12.1 Å². The standard InChI is InChI=1S/C17H29N3/c1-4-14-8-9-16(19-5-2)17(11-14)20(3)13-15-7-6-10-18-12-15/h6-7,10,12,14,16-17,19H,4-5,8-9,11,13H2,1-3H3. The van der Waals surface area contributed by atoms with Crippen molar-refractivity contribution in [1.82, 2.24) is 15.2 Å². The predicted molar refractivity (Wildman–Crippen MR) is 84.6 cm³/mol. The fourth-order valence-electron chi connectivity index (χ4n) is 3.49. The van der Waals surface area contributed by atoms with Gasteiger partial charge in [-0.1, -0.05) is 26.3 Å². The Balaban J connectivity index is 2.01. The number of hydrogen-bond donors (Lipinski definition) is 1. The highest BCUT2D eigenvalue weighted by atomic mass is 15.2. The molecule has 1 heterocycles. The Morgan fingerprint density at radius 1 is 1.35 bits per heavy atom. The molecule has 1 aliphatic rings. The molecule has 3 nitrogen and oxygen atoms in total. The summed E-state index contributed by atoms with van der Waals surface area (Å²) >= 11 is 0. The number of pyridine rings is 1. The van der Waals surface area contributed by atoms with Gasteiger partial charge in [0.05, 0.1) is 0 Å². The normalized spacial score (nSPS) is 26.9. The van der Waals surface area contributed by atoms with Crippen LogP contribution in [0.25, 0.3) is 0 Å². The summed E-state index contributed by atoms with van der Waals surface area (Å²) in [6, 6.07) is 5.49. The minimum absolute atomic E-state index is 0.643. The second kappa shape index (κ2) is 7.75. The Morgan fingerprint density at radius 2 is 2.20 bits per heavy atom. The van der Waals surface area contributed by atoms with E-state index in [0.717, 1.165) is 19.0 Å². The molecule has 3 heteroatoms. The smallest absolute Gasteiger partial charge is 0.0312 e. The number of nitrogens with one attached hydrogen (secondary N) is 1. The van der Waals surface area contributed by atoms with E-state index in [1.807, 2.05) is 18.5 Å². The zero-order valence-corrected chi connectivity index (χ0v) is 13.2. The molecule has 0 spiro atoms. The van der Waals surface area contributed by atoms with Gasteiger partial charge in [-0.15, -0.1) is 0 Å². The van der Waals surface area contributed by atoms with Crippen LogP contribution in [0, 0.1) is 5.92 Å². The molecule has 0 amide bonds. The van der Waals surface area contributed by atoms with Crippen molar-refractivity contribution in [2.75, 3.05) is 13.6 Å². The molecule has 1 aliphatic carbocycles. The molecule has 0 aliphatic heterocycles. The van der Waals surface area contributed by atoms with Crippen LogP contribution in [0.2, 0.25) is 0 Å². The third-order valence-electron chi connectivity index (χ3n) is 4.69. The van der Waals surface area contributed by atoms with Crippen LogP contribution in [-0.4, -0.2) is 35.6 Å². The molecule has 0 radical (unpaired) electrons. The maximum Gasteiger partial charge on any atom is 0.0312 e. The summed E-state index contributed by atoms with van der Waals surface area (Å²) in [5, 5.41) is 3.69. The van der Waals surface area contributed by atoms with E-state index in [4.69, 9.17) is 0 Å². The van der Waals surface area contributed by atoms with Gasteiger partial charge in [0.25, 0.3) is 0 Å². The monoisotopic (exact) mass is 275 g/mol. The molecular formula is C17H29N3. The van der Waals surface area contributed by atoms with Crippen LogP contribution >= 0.6 is 0 Å². The molecule has 0 saturated heterocycles. The first-order valence-electron chi connectivity index (χ1n) is 8.07. The first-order valence-corrected chi connectivity index (χ1v) is 8.07. The largest absolute Gasteiger partial charge is 0.313 e. The van der Waals surface area contributed by atoms with E-state index >= 15 is 0 Å². The number of nitrogens with zero attached hydrogens (tertiary/aromatic N) is 2. The SMILES string of the molecule is CCNC1CCC(CC)CC1N(C)Cc1cccnc1. The van der Waals surface area contributed by atoms with Crippen molar-refractivity contribution >= 4 is 0 Å². The minimum atomic E-state index is 0.643. The Hall–Kier alpha value is -0.930. The molecule has 1 aromatic rings. The third kappa shape index (κ3) is 4.03. The molecule has 1 fully saturated rings. The van der Waals surface area contributed by atoms with Gasteiger partial charge in [0.2, 0.25) is 0 Å². The lowest BCUT2D eigenvalue weighted by molar-refractivity contribution is 0.113. The van der Waals surface area contributed by atoms with Crippen LogP contribution in [0.3, 0.4) is 0 Å². The number of aromatic nitrogens is 1. The highest BCUT2D eigenvalue weighted by molar-refractivity contribution is 5.08. The zero-order chi connectivity index (χ0) is 14.4. The van der Waals surface area contributed by atoms with E-state index in [-0.39, 0.29) is 0 Å². The lowest BCUT2D eigenvalue weighted by Crippen LogP contribution is -2.51. The van der Waals surface area contributed by atoms with E-state index in [2.05, 4.69) is 42.2 Å². The number of likely N-dealkylation sites (N-methyl/N-ethyl adjacent to an activating group) is 2. The molecule has 0 bridgehead atoms. The molecule has 112 valence electrons. The summed E-state index contributed by atoms with van der Waals surface area (Å²) in [4.78, 5) is 6.75. The van der Waals surface area contributed by atoms with E-state index < -0.39 is 0 Å². The van der Waals surface area contributed by atoms with Crippen LogP contribution < -0.4 is 5.32 Å². The Morgan fingerprint density at radius 3 is 2.85 bits per heavy atom. The van der Waals surface area contributed by atoms with Crippen LogP contribution in [0.5, 0.6) is 0 Å². The van der Waals surface area contributed by atoms with Gasteiger partial charge in [-0.05, 0) is 50.4 Å². The zero-order valence-electron chi connectivity index (χ0n) is 13.2. The molecule has 0 aromatic carbocycles. The Kier molecular flexibility index (Phi) is 5.99. The maximum atomic E-state index is 4.23. The molecule has 2 rings (SSSR count). The van der Waals surface area contributed by atoms with Crippen molar-refractivity contribution in [3.63, 3.8) is 0 Å². The van der Waals surface area contributed by atoms with Gasteiger partial charge in [-0.25, -0.2) is 0 Å². The fourth-order valence-corrected chi connectivity index (χ4v) is 3.49. The molecule has 1 saturated carbocycles. The summed E-state index contributed by atoms with van der Waals surface area (Å²) in [6.45, 7) is 6.61. The van der Waals surface area contributed by atoms with Crippen molar-refractivity contribution in [3.05, 3.63) is 30.1 Å². The average molecular weight is 275 g/mol. The van der Waals surface area contributed by atoms with Crippen LogP contribution in [-0.2, 0) is 6.54 Å².